The Morgan fingerprint density at radius 3 is 2.33 bits per heavy atom. The fourth-order valence-electron chi connectivity index (χ4n) is 4.93. The van der Waals surface area contributed by atoms with Crippen molar-refractivity contribution in [2.75, 3.05) is 10.2 Å². The molecule has 0 radical (unpaired) electrons. The first-order valence-corrected chi connectivity index (χ1v) is 11.9. The third-order valence-corrected chi connectivity index (χ3v) is 7.04. The molecule has 0 bridgehead atoms. The van der Waals surface area contributed by atoms with E-state index in [0.29, 0.717) is 17.0 Å². The first-order chi connectivity index (χ1) is 17.1. The van der Waals surface area contributed by atoms with Crippen LogP contribution in [-0.2, 0) is 9.59 Å². The molecule has 1 aliphatic carbocycles. The van der Waals surface area contributed by atoms with Crippen LogP contribution in [-0.4, -0.2) is 17.9 Å². The minimum Gasteiger partial charge on any atom is -0.357 e. The number of anilines is 2. The molecular formula is C27H19Cl2F3N2O2. The average Bonchev–Trinajstić information content (AvgIpc) is 2.98. The first-order valence-electron chi connectivity index (χ1n) is 11.2. The number of halogens is 5. The lowest BCUT2D eigenvalue weighted by molar-refractivity contribution is -0.170. The van der Waals surface area contributed by atoms with E-state index < -0.39 is 18.1 Å². The second-order valence-corrected chi connectivity index (χ2v) is 9.56. The van der Waals surface area contributed by atoms with Gasteiger partial charge in [0.2, 0.25) is 0 Å². The van der Waals surface area contributed by atoms with Crippen LogP contribution in [0.4, 0.5) is 24.5 Å². The van der Waals surface area contributed by atoms with Crippen LogP contribution in [0.25, 0.3) is 0 Å². The number of nitrogens with zero attached hydrogens (tertiary/aromatic N) is 1. The molecule has 36 heavy (non-hydrogen) atoms. The molecule has 3 aromatic rings. The molecule has 9 heteroatoms. The van der Waals surface area contributed by atoms with Crippen molar-refractivity contribution < 1.29 is 22.8 Å². The number of rotatable bonds is 2. The maximum absolute atomic E-state index is 14.0. The molecular weight excluding hydrogens is 512 g/mol. The predicted molar refractivity (Wildman–Crippen MR) is 133 cm³/mol. The van der Waals surface area contributed by atoms with Gasteiger partial charge in [-0.15, -0.1) is 0 Å². The Balaban J connectivity index is 1.77. The van der Waals surface area contributed by atoms with E-state index in [2.05, 4.69) is 5.32 Å². The Kier molecular flexibility index (Phi) is 6.30. The highest BCUT2D eigenvalue weighted by molar-refractivity contribution is 6.35. The predicted octanol–water partition coefficient (Wildman–Crippen LogP) is 7.46. The fourth-order valence-corrected chi connectivity index (χ4v) is 5.44. The number of ketones is 1. The van der Waals surface area contributed by atoms with Crippen molar-refractivity contribution in [3.05, 3.63) is 105 Å². The van der Waals surface area contributed by atoms with Crippen LogP contribution >= 0.6 is 23.2 Å². The number of para-hydroxylation sites is 2. The Morgan fingerprint density at radius 1 is 0.944 bits per heavy atom. The van der Waals surface area contributed by atoms with E-state index in [9.17, 15) is 22.8 Å². The quantitative estimate of drug-likeness (QED) is 0.374. The second kappa shape index (κ2) is 9.30. The summed E-state index contributed by atoms with van der Waals surface area (Å²) < 4.78 is 41.9. The van der Waals surface area contributed by atoms with Crippen molar-refractivity contribution >= 4 is 46.3 Å². The summed E-state index contributed by atoms with van der Waals surface area (Å²) in [5.41, 5.74) is 1.95. The van der Waals surface area contributed by atoms with Crippen molar-refractivity contribution in [2.45, 2.75) is 31.0 Å². The third-order valence-electron chi connectivity index (χ3n) is 6.48. The van der Waals surface area contributed by atoms with Gasteiger partial charge < -0.3 is 5.32 Å². The monoisotopic (exact) mass is 530 g/mol. The lowest BCUT2D eigenvalue weighted by Crippen LogP contribution is -2.45. The van der Waals surface area contributed by atoms with Gasteiger partial charge in [0.05, 0.1) is 17.4 Å². The molecule has 2 atom stereocenters. The van der Waals surface area contributed by atoms with Gasteiger partial charge in [-0.25, -0.2) is 0 Å². The Hall–Kier alpha value is -3.29. The number of carbonyl (C=O) groups excluding carboxylic acids is 2. The number of hydrogen-bond acceptors (Lipinski definition) is 3. The van der Waals surface area contributed by atoms with Gasteiger partial charge in [-0.05, 0) is 47.7 Å². The molecule has 0 saturated heterocycles. The largest absolute Gasteiger partial charge is 0.471 e. The van der Waals surface area contributed by atoms with Crippen LogP contribution in [0.2, 0.25) is 10.0 Å². The molecule has 0 saturated carbocycles. The van der Waals surface area contributed by atoms with Crippen LogP contribution in [0, 0.1) is 0 Å². The van der Waals surface area contributed by atoms with E-state index in [0.717, 1.165) is 5.56 Å². The highest BCUT2D eigenvalue weighted by Crippen LogP contribution is 2.49. The van der Waals surface area contributed by atoms with Crippen molar-refractivity contribution in [1.29, 1.82) is 0 Å². The summed E-state index contributed by atoms with van der Waals surface area (Å²) in [6.07, 6.45) is -4.74. The van der Waals surface area contributed by atoms with Gasteiger partial charge in [0, 0.05) is 27.7 Å². The number of nitrogens with one attached hydrogen (secondary N) is 1. The minimum atomic E-state index is -5.19. The maximum Gasteiger partial charge on any atom is 0.471 e. The number of alkyl halides is 3. The Labute approximate surface area is 215 Å². The molecule has 1 aliphatic heterocycles. The normalized spacial score (nSPS) is 19.8. The molecule has 184 valence electrons. The van der Waals surface area contributed by atoms with E-state index in [-0.39, 0.29) is 50.7 Å². The zero-order valence-electron chi connectivity index (χ0n) is 18.7. The number of allylic oxidation sites excluding steroid dienone is 1. The number of benzene rings is 3. The molecule has 1 N–H and O–H groups in total. The van der Waals surface area contributed by atoms with Crippen molar-refractivity contribution in [3.8, 4) is 0 Å². The molecule has 1 amide bonds. The standard InChI is InChI=1S/C27H19Cl2F3N2O2/c28-17-10-11-18(19(29)14-17)25-24-21(12-16(13-23(24)35)15-6-2-1-3-7-15)33-20-8-4-5-9-22(20)34(25)26(36)27(30,31)32/h1-11,14,16,25,33H,12-13H2. The molecule has 0 spiro atoms. The summed E-state index contributed by atoms with van der Waals surface area (Å²) in [4.78, 5) is 27.3. The highest BCUT2D eigenvalue weighted by atomic mass is 35.5. The third kappa shape index (κ3) is 4.38. The lowest BCUT2D eigenvalue weighted by atomic mass is 9.78. The van der Waals surface area contributed by atoms with Crippen LogP contribution in [0.15, 0.2) is 84.1 Å². The number of carbonyl (C=O) groups is 2. The zero-order valence-corrected chi connectivity index (χ0v) is 20.2. The summed E-state index contributed by atoms with van der Waals surface area (Å²) in [6, 6.07) is 18.6. The van der Waals surface area contributed by atoms with Crippen LogP contribution < -0.4 is 10.2 Å². The highest BCUT2D eigenvalue weighted by Gasteiger charge is 2.50. The van der Waals surface area contributed by atoms with Crippen LogP contribution in [0.3, 0.4) is 0 Å². The fraction of sp³-hybridized carbons (Fsp3) is 0.185. The van der Waals surface area contributed by atoms with E-state index in [4.69, 9.17) is 23.2 Å². The SMILES string of the molecule is O=C1CC(c2ccccc2)CC2=C1C(c1ccc(Cl)cc1Cl)N(C(=O)C(F)(F)F)c1ccccc1N2. The maximum atomic E-state index is 14.0. The molecule has 0 fully saturated rings. The Morgan fingerprint density at radius 2 is 1.64 bits per heavy atom. The van der Waals surface area contributed by atoms with Gasteiger partial charge in [-0.2, -0.15) is 13.2 Å². The minimum absolute atomic E-state index is 0.00528. The molecule has 2 unspecified atom stereocenters. The van der Waals surface area contributed by atoms with E-state index in [1.54, 1.807) is 12.1 Å². The number of Topliss-reactive ketones (excluding diaryl/α,β-unsaturated/α-hetero) is 1. The van der Waals surface area contributed by atoms with E-state index in [1.807, 2.05) is 30.3 Å². The second-order valence-electron chi connectivity index (χ2n) is 8.71. The molecule has 2 aliphatic rings. The van der Waals surface area contributed by atoms with Gasteiger partial charge in [0.1, 0.15) is 0 Å². The lowest BCUT2D eigenvalue weighted by Gasteiger charge is -2.35. The molecule has 0 aromatic heterocycles. The van der Waals surface area contributed by atoms with Gasteiger partial charge in [0.25, 0.3) is 0 Å². The van der Waals surface area contributed by atoms with Crippen LogP contribution in [0.1, 0.15) is 35.9 Å². The van der Waals surface area contributed by atoms with E-state index >= 15 is 0 Å². The summed E-state index contributed by atoms with van der Waals surface area (Å²) in [5, 5.41) is 3.52. The van der Waals surface area contributed by atoms with Crippen LogP contribution in [0.5, 0.6) is 0 Å². The Bertz CT molecular complexity index is 1390. The topological polar surface area (TPSA) is 49.4 Å². The number of fused-ring (bicyclic) bond motifs is 1. The molecule has 5 rings (SSSR count). The zero-order chi connectivity index (χ0) is 25.6. The average molecular weight is 531 g/mol. The molecule has 4 nitrogen and oxygen atoms in total. The number of hydrogen-bond donors (Lipinski definition) is 1. The molecule has 1 heterocycles. The van der Waals surface area contributed by atoms with Gasteiger partial charge in [0.15, 0.2) is 5.78 Å². The van der Waals surface area contributed by atoms with Gasteiger partial charge in [-0.3, -0.25) is 14.5 Å². The van der Waals surface area contributed by atoms with Crippen molar-refractivity contribution in [1.82, 2.24) is 0 Å². The van der Waals surface area contributed by atoms with E-state index in [1.165, 1.54) is 30.3 Å². The summed E-state index contributed by atoms with van der Waals surface area (Å²) in [6.45, 7) is 0. The smallest absolute Gasteiger partial charge is 0.357 e. The summed E-state index contributed by atoms with van der Waals surface area (Å²) >= 11 is 12.5. The molecule has 3 aromatic carbocycles. The van der Waals surface area contributed by atoms with Crippen molar-refractivity contribution in [2.24, 2.45) is 0 Å². The van der Waals surface area contributed by atoms with Gasteiger partial charge >= 0.3 is 12.1 Å². The summed E-state index contributed by atoms with van der Waals surface area (Å²) in [5.74, 6) is -2.63. The number of amides is 1. The first kappa shape index (κ1) is 24.4. The van der Waals surface area contributed by atoms with Gasteiger partial charge in [-0.1, -0.05) is 71.7 Å². The summed E-state index contributed by atoms with van der Waals surface area (Å²) in [7, 11) is 0. The van der Waals surface area contributed by atoms with Crippen molar-refractivity contribution in [3.63, 3.8) is 0 Å².